The normalized spacial score (nSPS) is 12.9. The monoisotopic (exact) mass is 214 g/mol. The van der Waals surface area contributed by atoms with Crippen LogP contribution in [0, 0.1) is 5.92 Å². The number of rotatable bonds is 4. The molecule has 1 aromatic rings. The van der Waals surface area contributed by atoms with Crippen LogP contribution < -0.4 is 5.32 Å². The van der Waals surface area contributed by atoms with E-state index in [1.54, 1.807) is 6.07 Å². The Bertz CT molecular complexity index is 291. The fourth-order valence-electron chi connectivity index (χ4n) is 0.952. The highest BCUT2D eigenvalue weighted by atomic mass is 35.5. The van der Waals surface area contributed by atoms with Crippen molar-refractivity contribution in [2.45, 2.75) is 20.0 Å². The predicted molar refractivity (Wildman–Crippen MR) is 58.6 cm³/mol. The van der Waals surface area contributed by atoms with Gasteiger partial charge in [0.05, 0.1) is 6.10 Å². The highest BCUT2D eigenvalue weighted by molar-refractivity contribution is 6.29. The van der Waals surface area contributed by atoms with Gasteiger partial charge in [0.25, 0.3) is 0 Å². The first-order chi connectivity index (χ1) is 6.59. The number of hydrogen-bond donors (Lipinski definition) is 2. The molecule has 0 bridgehead atoms. The minimum absolute atomic E-state index is 0.238. The zero-order chi connectivity index (χ0) is 10.6. The molecule has 1 rings (SSSR count). The molecule has 4 heteroatoms. The van der Waals surface area contributed by atoms with E-state index in [1.165, 1.54) is 0 Å². The van der Waals surface area contributed by atoms with Gasteiger partial charge in [0.1, 0.15) is 11.0 Å². The van der Waals surface area contributed by atoms with Crippen LogP contribution in [0.15, 0.2) is 18.2 Å². The van der Waals surface area contributed by atoms with Crippen molar-refractivity contribution in [3.63, 3.8) is 0 Å². The van der Waals surface area contributed by atoms with Gasteiger partial charge < -0.3 is 10.4 Å². The third kappa shape index (κ3) is 3.52. The summed E-state index contributed by atoms with van der Waals surface area (Å²) in [5.41, 5.74) is 0. The van der Waals surface area contributed by atoms with Crippen molar-refractivity contribution < 1.29 is 5.11 Å². The molecule has 0 fully saturated rings. The third-order valence-corrected chi connectivity index (χ3v) is 2.19. The molecule has 78 valence electrons. The van der Waals surface area contributed by atoms with Crippen LogP contribution in [0.4, 0.5) is 5.82 Å². The molecule has 1 heterocycles. The summed E-state index contributed by atoms with van der Waals surface area (Å²) in [6.07, 6.45) is -0.365. The number of anilines is 1. The van der Waals surface area contributed by atoms with Crippen LogP contribution in [-0.2, 0) is 0 Å². The second-order valence-corrected chi connectivity index (χ2v) is 3.93. The number of aromatic nitrogens is 1. The van der Waals surface area contributed by atoms with Gasteiger partial charge in [-0.1, -0.05) is 31.5 Å². The number of hydrogen-bond acceptors (Lipinski definition) is 3. The lowest BCUT2D eigenvalue weighted by Crippen LogP contribution is -2.25. The number of aliphatic hydroxyl groups is 1. The molecule has 0 saturated heterocycles. The maximum atomic E-state index is 9.53. The van der Waals surface area contributed by atoms with Gasteiger partial charge in [-0.25, -0.2) is 4.98 Å². The Balaban J connectivity index is 2.45. The van der Waals surface area contributed by atoms with Crippen LogP contribution in [0.3, 0.4) is 0 Å². The second kappa shape index (κ2) is 5.17. The molecular formula is C10H15ClN2O. The van der Waals surface area contributed by atoms with Crippen LogP contribution in [0.1, 0.15) is 13.8 Å². The Morgan fingerprint density at radius 3 is 2.79 bits per heavy atom. The Hall–Kier alpha value is -0.800. The van der Waals surface area contributed by atoms with Crippen LogP contribution in [0.25, 0.3) is 0 Å². The Kier molecular flexibility index (Phi) is 4.17. The highest BCUT2D eigenvalue weighted by Gasteiger charge is 2.08. The molecule has 3 nitrogen and oxygen atoms in total. The van der Waals surface area contributed by atoms with Crippen molar-refractivity contribution in [2.24, 2.45) is 5.92 Å². The fourth-order valence-corrected chi connectivity index (χ4v) is 1.12. The van der Waals surface area contributed by atoms with Crippen LogP contribution in [-0.4, -0.2) is 22.7 Å². The maximum absolute atomic E-state index is 9.53. The Morgan fingerprint density at radius 2 is 2.21 bits per heavy atom. The van der Waals surface area contributed by atoms with Crippen molar-refractivity contribution in [3.05, 3.63) is 23.4 Å². The predicted octanol–water partition coefficient (Wildman–Crippen LogP) is 2.16. The van der Waals surface area contributed by atoms with Crippen molar-refractivity contribution in [1.82, 2.24) is 4.98 Å². The molecular weight excluding hydrogens is 200 g/mol. The summed E-state index contributed by atoms with van der Waals surface area (Å²) in [6.45, 7) is 4.43. The summed E-state index contributed by atoms with van der Waals surface area (Å²) in [5, 5.41) is 13.0. The largest absolute Gasteiger partial charge is 0.391 e. The van der Waals surface area contributed by atoms with Gasteiger partial charge in [-0.3, -0.25) is 0 Å². The zero-order valence-corrected chi connectivity index (χ0v) is 9.12. The smallest absolute Gasteiger partial charge is 0.131 e. The lowest BCUT2D eigenvalue weighted by molar-refractivity contribution is 0.138. The average Bonchev–Trinajstić information content (AvgIpc) is 2.14. The number of halogens is 1. The van der Waals surface area contributed by atoms with Gasteiger partial charge in [0.15, 0.2) is 0 Å². The molecule has 0 aliphatic carbocycles. The van der Waals surface area contributed by atoms with E-state index in [0.29, 0.717) is 17.5 Å². The standard InChI is InChI=1S/C10H15ClN2O/c1-7(2)8(14)6-12-10-5-3-4-9(11)13-10/h3-5,7-8,14H,6H2,1-2H3,(H,12,13). The van der Waals surface area contributed by atoms with E-state index >= 15 is 0 Å². The number of nitrogens with one attached hydrogen (secondary N) is 1. The molecule has 0 radical (unpaired) electrons. The number of nitrogens with zero attached hydrogens (tertiary/aromatic N) is 1. The lowest BCUT2D eigenvalue weighted by atomic mass is 10.1. The molecule has 0 aliphatic heterocycles. The molecule has 2 N–H and O–H groups in total. The molecule has 1 atom stereocenters. The second-order valence-electron chi connectivity index (χ2n) is 3.54. The van der Waals surface area contributed by atoms with Gasteiger partial charge in [-0.15, -0.1) is 0 Å². The summed E-state index contributed by atoms with van der Waals surface area (Å²) in [4.78, 5) is 4.05. The topological polar surface area (TPSA) is 45.1 Å². The highest BCUT2D eigenvalue weighted by Crippen LogP contribution is 2.10. The first kappa shape index (κ1) is 11.3. The summed E-state index contributed by atoms with van der Waals surface area (Å²) in [5.74, 6) is 0.930. The van der Waals surface area contributed by atoms with E-state index in [0.717, 1.165) is 0 Å². The minimum Gasteiger partial charge on any atom is -0.391 e. The van der Waals surface area contributed by atoms with Crippen LogP contribution in [0.2, 0.25) is 5.15 Å². The van der Waals surface area contributed by atoms with Crippen molar-refractivity contribution in [2.75, 3.05) is 11.9 Å². The summed E-state index contributed by atoms with van der Waals surface area (Å²) >= 11 is 5.71. The molecule has 1 unspecified atom stereocenters. The molecule has 0 saturated carbocycles. The molecule has 0 amide bonds. The summed E-state index contributed by atoms with van der Waals surface area (Å²) in [6, 6.07) is 5.35. The van der Waals surface area contributed by atoms with E-state index in [2.05, 4.69) is 10.3 Å². The SMILES string of the molecule is CC(C)C(O)CNc1cccc(Cl)n1. The van der Waals surface area contributed by atoms with Gasteiger partial charge in [-0.2, -0.15) is 0 Å². The lowest BCUT2D eigenvalue weighted by Gasteiger charge is -2.15. The Labute approximate surface area is 89.1 Å². The minimum atomic E-state index is -0.365. The molecule has 1 aromatic heterocycles. The average molecular weight is 215 g/mol. The summed E-state index contributed by atoms with van der Waals surface area (Å²) in [7, 11) is 0. The van der Waals surface area contributed by atoms with Crippen molar-refractivity contribution in [3.8, 4) is 0 Å². The van der Waals surface area contributed by atoms with Crippen molar-refractivity contribution >= 4 is 17.4 Å². The van der Waals surface area contributed by atoms with E-state index < -0.39 is 0 Å². The van der Waals surface area contributed by atoms with Crippen LogP contribution >= 0.6 is 11.6 Å². The van der Waals surface area contributed by atoms with Crippen molar-refractivity contribution in [1.29, 1.82) is 0 Å². The quantitative estimate of drug-likeness (QED) is 0.756. The van der Waals surface area contributed by atoms with E-state index in [9.17, 15) is 5.11 Å². The fraction of sp³-hybridized carbons (Fsp3) is 0.500. The summed E-state index contributed by atoms with van der Waals surface area (Å²) < 4.78 is 0. The number of pyridine rings is 1. The Morgan fingerprint density at radius 1 is 1.50 bits per heavy atom. The van der Waals surface area contributed by atoms with Crippen LogP contribution in [0.5, 0.6) is 0 Å². The maximum Gasteiger partial charge on any atom is 0.131 e. The van der Waals surface area contributed by atoms with Gasteiger partial charge in [0.2, 0.25) is 0 Å². The van der Waals surface area contributed by atoms with E-state index in [1.807, 2.05) is 26.0 Å². The van der Waals surface area contributed by atoms with E-state index in [-0.39, 0.29) is 12.0 Å². The van der Waals surface area contributed by atoms with E-state index in [4.69, 9.17) is 11.6 Å². The van der Waals surface area contributed by atoms with Gasteiger partial charge in [0, 0.05) is 6.54 Å². The van der Waals surface area contributed by atoms with Gasteiger partial charge >= 0.3 is 0 Å². The zero-order valence-electron chi connectivity index (χ0n) is 8.37. The molecule has 0 spiro atoms. The molecule has 0 aliphatic rings. The first-order valence-electron chi connectivity index (χ1n) is 4.64. The third-order valence-electron chi connectivity index (χ3n) is 1.98. The molecule has 14 heavy (non-hydrogen) atoms. The number of aliphatic hydroxyl groups excluding tert-OH is 1. The molecule has 0 aromatic carbocycles. The first-order valence-corrected chi connectivity index (χ1v) is 5.02. The van der Waals surface area contributed by atoms with Gasteiger partial charge in [-0.05, 0) is 18.1 Å².